The first-order valence-corrected chi connectivity index (χ1v) is 10.9. The van der Waals surface area contributed by atoms with Crippen LogP contribution >= 0.6 is 11.3 Å². The van der Waals surface area contributed by atoms with E-state index in [-0.39, 0.29) is 5.91 Å². The van der Waals surface area contributed by atoms with Crippen LogP contribution in [0.25, 0.3) is 21.3 Å². The summed E-state index contributed by atoms with van der Waals surface area (Å²) in [6.07, 6.45) is 0. The van der Waals surface area contributed by atoms with Crippen LogP contribution in [0.1, 0.15) is 18.0 Å². The first kappa shape index (κ1) is 19.0. The molecule has 7 nitrogen and oxygen atoms in total. The molecule has 8 heteroatoms. The molecule has 2 aromatic carbocycles. The minimum absolute atomic E-state index is 0.0525. The highest BCUT2D eigenvalue weighted by atomic mass is 32.1. The first-order chi connectivity index (χ1) is 14.6. The van der Waals surface area contributed by atoms with Gasteiger partial charge >= 0.3 is 5.76 Å². The minimum atomic E-state index is -0.600. The van der Waals surface area contributed by atoms with E-state index in [1.165, 1.54) is 9.27 Å². The number of benzene rings is 2. The van der Waals surface area contributed by atoms with E-state index in [4.69, 9.17) is 9.40 Å². The second-order valence-corrected chi connectivity index (χ2v) is 8.67. The van der Waals surface area contributed by atoms with Gasteiger partial charge in [0.25, 0.3) is 0 Å². The predicted molar refractivity (Wildman–Crippen MR) is 117 cm³/mol. The Morgan fingerprint density at radius 2 is 1.83 bits per heavy atom. The number of oxazole rings is 1. The van der Waals surface area contributed by atoms with E-state index < -0.39 is 11.8 Å². The summed E-state index contributed by atoms with van der Waals surface area (Å²) in [4.78, 5) is 34.3. The molecule has 2 aromatic heterocycles. The fourth-order valence-corrected chi connectivity index (χ4v) is 5.04. The summed E-state index contributed by atoms with van der Waals surface area (Å²) in [6, 6.07) is 14.8. The molecule has 1 aliphatic rings. The van der Waals surface area contributed by atoms with E-state index in [1.807, 2.05) is 35.2 Å². The van der Waals surface area contributed by atoms with Gasteiger partial charge in [-0.05, 0) is 31.2 Å². The number of carbonyl (C=O) groups excluding carboxylic acids is 1. The Labute approximate surface area is 177 Å². The van der Waals surface area contributed by atoms with Crippen molar-refractivity contribution in [2.75, 3.05) is 26.2 Å². The van der Waals surface area contributed by atoms with Crippen molar-refractivity contribution in [1.29, 1.82) is 0 Å². The topological polar surface area (TPSA) is 71.6 Å². The number of hydrogen-bond acceptors (Lipinski definition) is 6. The van der Waals surface area contributed by atoms with E-state index in [2.05, 4.69) is 11.0 Å². The first-order valence-electron chi connectivity index (χ1n) is 10.1. The van der Waals surface area contributed by atoms with Crippen LogP contribution in [-0.4, -0.2) is 51.4 Å². The maximum atomic E-state index is 13.1. The fraction of sp³-hybridized carbons (Fsp3) is 0.318. The molecule has 154 valence electrons. The van der Waals surface area contributed by atoms with E-state index in [1.54, 1.807) is 30.4 Å². The largest absolute Gasteiger partial charge is 0.420 e. The van der Waals surface area contributed by atoms with Gasteiger partial charge in [0.2, 0.25) is 5.91 Å². The zero-order valence-corrected chi connectivity index (χ0v) is 17.5. The lowest BCUT2D eigenvalue weighted by molar-refractivity contribution is -0.136. The number of nitrogens with zero attached hydrogens (tertiary/aromatic N) is 4. The molecule has 5 rings (SSSR count). The maximum absolute atomic E-state index is 13.1. The quantitative estimate of drug-likeness (QED) is 0.505. The van der Waals surface area contributed by atoms with E-state index in [0.29, 0.717) is 24.2 Å². The Morgan fingerprint density at radius 3 is 2.63 bits per heavy atom. The highest BCUT2D eigenvalue weighted by molar-refractivity contribution is 7.18. The Kier molecular flexibility index (Phi) is 4.88. The van der Waals surface area contributed by atoms with Crippen molar-refractivity contribution in [1.82, 2.24) is 19.4 Å². The highest BCUT2D eigenvalue weighted by Gasteiger charge is 2.28. The normalized spacial score (nSPS) is 16.4. The number of aromatic nitrogens is 2. The second-order valence-electron chi connectivity index (χ2n) is 7.56. The second kappa shape index (κ2) is 7.70. The summed E-state index contributed by atoms with van der Waals surface area (Å²) in [6.45, 7) is 5.41. The standard InChI is InChI=1S/C22H22N4O3S/c1-15(26-17-7-3-4-8-18(17)29-22(26)28)21(27)25-12-10-24(11-13-25)14-20-23-16-6-2-5-9-19(16)30-20/h2-9,15H,10-14H2,1H3. The summed E-state index contributed by atoms with van der Waals surface area (Å²) in [5.74, 6) is -0.546. The summed E-state index contributed by atoms with van der Waals surface area (Å²) in [5, 5.41) is 1.10. The van der Waals surface area contributed by atoms with Crippen LogP contribution in [0.4, 0.5) is 0 Å². The van der Waals surface area contributed by atoms with E-state index in [0.717, 1.165) is 30.2 Å². The summed E-state index contributed by atoms with van der Waals surface area (Å²) in [5.41, 5.74) is 2.19. The third-order valence-corrected chi connectivity index (χ3v) is 6.67. The van der Waals surface area contributed by atoms with Crippen molar-refractivity contribution in [3.8, 4) is 0 Å². The molecule has 1 aliphatic heterocycles. The number of rotatable bonds is 4. The van der Waals surface area contributed by atoms with Crippen molar-refractivity contribution >= 4 is 38.6 Å². The Bertz CT molecular complexity index is 1230. The zero-order valence-electron chi connectivity index (χ0n) is 16.7. The van der Waals surface area contributed by atoms with Gasteiger partial charge in [-0.3, -0.25) is 14.3 Å². The number of hydrogen-bond donors (Lipinski definition) is 0. The molecule has 0 N–H and O–H groups in total. The van der Waals surface area contributed by atoms with Crippen LogP contribution in [0.3, 0.4) is 0 Å². The molecule has 0 spiro atoms. The SMILES string of the molecule is CC(C(=O)N1CCN(Cc2nc3ccccc3s2)CC1)n1c(=O)oc2ccccc21. The smallest absolute Gasteiger partial charge is 0.408 e. The Morgan fingerprint density at radius 1 is 1.10 bits per heavy atom. The molecule has 3 heterocycles. The monoisotopic (exact) mass is 422 g/mol. The Balaban J connectivity index is 1.25. The third-order valence-electron chi connectivity index (χ3n) is 5.64. The summed E-state index contributed by atoms with van der Waals surface area (Å²) in [7, 11) is 0. The summed E-state index contributed by atoms with van der Waals surface area (Å²) >= 11 is 1.72. The van der Waals surface area contributed by atoms with Crippen LogP contribution in [0.15, 0.2) is 57.7 Å². The molecule has 0 bridgehead atoms. The van der Waals surface area contributed by atoms with Crippen LogP contribution in [0, 0.1) is 0 Å². The summed E-state index contributed by atoms with van der Waals surface area (Å²) < 4.78 is 7.94. The fourth-order valence-electron chi connectivity index (χ4n) is 4.03. The molecule has 1 saturated heterocycles. The average molecular weight is 423 g/mol. The van der Waals surface area contributed by atoms with Gasteiger partial charge in [0, 0.05) is 26.2 Å². The van der Waals surface area contributed by atoms with Crippen molar-refractivity contribution in [2.45, 2.75) is 19.5 Å². The zero-order chi connectivity index (χ0) is 20.7. The molecule has 1 atom stereocenters. The average Bonchev–Trinajstić information content (AvgIpc) is 3.32. The van der Waals surface area contributed by atoms with Crippen molar-refractivity contribution in [2.24, 2.45) is 0 Å². The molecular weight excluding hydrogens is 400 g/mol. The van der Waals surface area contributed by atoms with E-state index >= 15 is 0 Å². The van der Waals surface area contributed by atoms with Gasteiger partial charge in [-0.1, -0.05) is 24.3 Å². The lowest BCUT2D eigenvalue weighted by Crippen LogP contribution is -2.50. The van der Waals surface area contributed by atoms with E-state index in [9.17, 15) is 9.59 Å². The van der Waals surface area contributed by atoms with Crippen LogP contribution in [-0.2, 0) is 11.3 Å². The number of para-hydroxylation sites is 3. The predicted octanol–water partition coefficient (Wildman–Crippen LogP) is 3.11. The molecular formula is C22H22N4O3S. The van der Waals surface area contributed by atoms with Gasteiger partial charge in [-0.15, -0.1) is 11.3 Å². The third kappa shape index (κ3) is 3.42. The van der Waals surface area contributed by atoms with Gasteiger partial charge in [0.1, 0.15) is 11.0 Å². The molecule has 4 aromatic rings. The molecule has 1 amide bonds. The molecule has 0 saturated carbocycles. The van der Waals surface area contributed by atoms with Gasteiger partial charge in [0.05, 0.1) is 22.3 Å². The molecule has 1 fully saturated rings. The van der Waals surface area contributed by atoms with Crippen LogP contribution in [0.5, 0.6) is 0 Å². The molecule has 0 aliphatic carbocycles. The van der Waals surface area contributed by atoms with Gasteiger partial charge in [-0.25, -0.2) is 9.78 Å². The number of fused-ring (bicyclic) bond motifs is 2. The molecule has 1 unspecified atom stereocenters. The van der Waals surface area contributed by atoms with Gasteiger partial charge < -0.3 is 9.32 Å². The minimum Gasteiger partial charge on any atom is -0.408 e. The molecule has 30 heavy (non-hydrogen) atoms. The van der Waals surface area contributed by atoms with Crippen LogP contribution < -0.4 is 5.76 Å². The van der Waals surface area contributed by atoms with Crippen LogP contribution in [0.2, 0.25) is 0 Å². The van der Waals surface area contributed by atoms with Crippen molar-refractivity contribution in [3.63, 3.8) is 0 Å². The number of carbonyl (C=O) groups is 1. The lowest BCUT2D eigenvalue weighted by atomic mass is 10.2. The number of thiazole rings is 1. The highest BCUT2D eigenvalue weighted by Crippen LogP contribution is 2.23. The van der Waals surface area contributed by atoms with Crippen molar-refractivity contribution in [3.05, 3.63) is 64.1 Å². The number of piperazine rings is 1. The maximum Gasteiger partial charge on any atom is 0.420 e. The van der Waals surface area contributed by atoms with Crippen molar-refractivity contribution < 1.29 is 9.21 Å². The lowest BCUT2D eigenvalue weighted by Gasteiger charge is -2.35. The van der Waals surface area contributed by atoms with Gasteiger partial charge in [0.15, 0.2) is 5.58 Å². The number of amides is 1. The van der Waals surface area contributed by atoms with Gasteiger partial charge in [-0.2, -0.15) is 0 Å². The molecule has 0 radical (unpaired) electrons. The Hall–Kier alpha value is -2.97.